The van der Waals surface area contributed by atoms with Crippen LogP contribution in [0.25, 0.3) is 0 Å². The van der Waals surface area contributed by atoms with E-state index in [1.54, 1.807) is 11.1 Å². The van der Waals surface area contributed by atoms with E-state index in [1.807, 2.05) is 0 Å². The lowest BCUT2D eigenvalue weighted by atomic mass is 9.76. The second kappa shape index (κ2) is 6.12. The average Bonchev–Trinajstić information content (AvgIpc) is 2.65. The van der Waals surface area contributed by atoms with Gasteiger partial charge in [0.15, 0.2) is 0 Å². The molecule has 1 fully saturated rings. The van der Waals surface area contributed by atoms with E-state index in [2.05, 4.69) is 50.4 Å². The zero-order valence-electron chi connectivity index (χ0n) is 14.0. The van der Waals surface area contributed by atoms with E-state index in [4.69, 9.17) is 0 Å². The maximum absolute atomic E-state index is 3.88. The van der Waals surface area contributed by atoms with Gasteiger partial charge in [0.25, 0.3) is 0 Å². The summed E-state index contributed by atoms with van der Waals surface area (Å²) in [5, 5.41) is 3.88. The Morgan fingerprint density at radius 2 is 1.86 bits per heavy atom. The number of benzene rings is 1. The first kappa shape index (κ1) is 15.1. The van der Waals surface area contributed by atoms with Crippen LogP contribution in [0.3, 0.4) is 0 Å². The summed E-state index contributed by atoms with van der Waals surface area (Å²) in [5.41, 5.74) is 3.64. The highest BCUT2D eigenvalue weighted by atomic mass is 14.9. The topological polar surface area (TPSA) is 12.0 Å². The summed E-state index contributed by atoms with van der Waals surface area (Å²) >= 11 is 0. The molecule has 0 radical (unpaired) electrons. The predicted molar refractivity (Wildman–Crippen MR) is 90.7 cm³/mol. The van der Waals surface area contributed by atoms with Crippen molar-refractivity contribution >= 4 is 0 Å². The van der Waals surface area contributed by atoms with Gasteiger partial charge in [-0.3, -0.25) is 0 Å². The summed E-state index contributed by atoms with van der Waals surface area (Å²) in [4.78, 5) is 0. The van der Waals surface area contributed by atoms with E-state index < -0.39 is 0 Å². The molecule has 2 aliphatic rings. The van der Waals surface area contributed by atoms with Crippen LogP contribution in [0.15, 0.2) is 24.3 Å². The summed E-state index contributed by atoms with van der Waals surface area (Å²) in [5.74, 6) is 1.68. The molecule has 3 rings (SSSR count). The molecule has 0 spiro atoms. The number of hydrogen-bond donors (Lipinski definition) is 1. The van der Waals surface area contributed by atoms with E-state index in [1.165, 1.54) is 45.1 Å². The third-order valence-electron chi connectivity index (χ3n) is 5.81. The summed E-state index contributed by atoms with van der Waals surface area (Å²) < 4.78 is 0. The van der Waals surface area contributed by atoms with Gasteiger partial charge in [-0.2, -0.15) is 0 Å². The molecule has 0 aliphatic heterocycles. The lowest BCUT2D eigenvalue weighted by Crippen LogP contribution is -2.36. The molecule has 1 aromatic rings. The molecule has 0 bridgehead atoms. The van der Waals surface area contributed by atoms with Gasteiger partial charge >= 0.3 is 0 Å². The van der Waals surface area contributed by atoms with Crippen molar-refractivity contribution in [2.45, 2.75) is 71.3 Å². The molecule has 1 saturated carbocycles. The molecule has 21 heavy (non-hydrogen) atoms. The second-order valence-corrected chi connectivity index (χ2v) is 8.28. The molecule has 1 nitrogen and oxygen atoms in total. The minimum Gasteiger partial charge on any atom is -0.313 e. The minimum atomic E-state index is 0.488. The van der Waals surface area contributed by atoms with E-state index in [0.29, 0.717) is 5.41 Å². The Balaban J connectivity index is 1.47. The molecule has 0 amide bonds. The van der Waals surface area contributed by atoms with Crippen LogP contribution in [-0.2, 0) is 6.42 Å². The molecule has 0 aromatic heterocycles. The highest BCUT2D eigenvalue weighted by Crippen LogP contribution is 2.37. The highest BCUT2D eigenvalue weighted by Gasteiger charge is 2.29. The summed E-state index contributed by atoms with van der Waals surface area (Å²) in [6, 6.07) is 9.70. The summed E-state index contributed by atoms with van der Waals surface area (Å²) in [6.07, 6.45) is 8.26. The van der Waals surface area contributed by atoms with Crippen LogP contribution in [0.4, 0.5) is 0 Å². The van der Waals surface area contributed by atoms with Gasteiger partial charge in [-0.05, 0) is 54.6 Å². The maximum atomic E-state index is 3.88. The van der Waals surface area contributed by atoms with Crippen molar-refractivity contribution in [1.82, 2.24) is 5.32 Å². The van der Waals surface area contributed by atoms with E-state index in [0.717, 1.165) is 17.9 Å². The maximum Gasteiger partial charge on any atom is 0.00674 e. The van der Waals surface area contributed by atoms with Gasteiger partial charge < -0.3 is 5.32 Å². The fraction of sp³-hybridized carbons (Fsp3) is 0.700. The fourth-order valence-corrected chi connectivity index (χ4v) is 4.23. The normalized spacial score (nSPS) is 29.4. The Bertz CT molecular complexity index is 471. The van der Waals surface area contributed by atoms with Gasteiger partial charge in [-0.1, -0.05) is 51.5 Å². The molecule has 1 heteroatoms. The number of nitrogens with one attached hydrogen (secondary N) is 1. The number of fused-ring (bicyclic) bond motifs is 1. The van der Waals surface area contributed by atoms with E-state index in [-0.39, 0.29) is 0 Å². The molecule has 0 saturated heterocycles. The van der Waals surface area contributed by atoms with Crippen molar-refractivity contribution in [1.29, 1.82) is 0 Å². The van der Waals surface area contributed by atoms with E-state index in [9.17, 15) is 0 Å². The standard InChI is InChI=1S/C20H31N/c1-20(2,3)17-8-6-9-18(12-11-17)21-14-16-13-15-7-4-5-10-19(15)16/h4-5,7,10,16-18,21H,6,8-9,11-14H2,1-3H3. The first-order valence-corrected chi connectivity index (χ1v) is 8.85. The van der Waals surface area contributed by atoms with Crippen LogP contribution in [-0.4, -0.2) is 12.6 Å². The third kappa shape index (κ3) is 3.51. The predicted octanol–water partition coefficient (Wildman–Crippen LogP) is 4.91. The zero-order valence-corrected chi connectivity index (χ0v) is 14.0. The fourth-order valence-electron chi connectivity index (χ4n) is 4.23. The Labute approximate surface area is 130 Å². The zero-order chi connectivity index (χ0) is 14.9. The first-order valence-electron chi connectivity index (χ1n) is 8.85. The molecular formula is C20H31N. The van der Waals surface area contributed by atoms with Gasteiger partial charge in [0.05, 0.1) is 0 Å². The molecule has 2 aliphatic carbocycles. The van der Waals surface area contributed by atoms with Crippen LogP contribution < -0.4 is 5.32 Å². The van der Waals surface area contributed by atoms with Crippen LogP contribution in [0.5, 0.6) is 0 Å². The van der Waals surface area contributed by atoms with Crippen molar-refractivity contribution in [3.05, 3.63) is 35.4 Å². The van der Waals surface area contributed by atoms with Gasteiger partial charge in [0.1, 0.15) is 0 Å². The molecular weight excluding hydrogens is 254 g/mol. The lowest BCUT2D eigenvalue weighted by molar-refractivity contribution is 0.213. The van der Waals surface area contributed by atoms with Crippen molar-refractivity contribution in [3.8, 4) is 0 Å². The Kier molecular flexibility index (Phi) is 4.40. The smallest absolute Gasteiger partial charge is 0.00674 e. The quantitative estimate of drug-likeness (QED) is 0.778. The molecule has 116 valence electrons. The molecule has 1 aromatic carbocycles. The SMILES string of the molecule is CC(C)(C)C1CCCC(NCC2Cc3ccccc32)CC1. The van der Waals surface area contributed by atoms with Gasteiger partial charge in [-0.15, -0.1) is 0 Å². The first-order chi connectivity index (χ1) is 10.0. The van der Waals surface area contributed by atoms with Crippen LogP contribution in [0.2, 0.25) is 0 Å². The van der Waals surface area contributed by atoms with E-state index >= 15 is 0 Å². The minimum absolute atomic E-state index is 0.488. The van der Waals surface area contributed by atoms with Crippen molar-refractivity contribution in [2.75, 3.05) is 6.54 Å². The summed E-state index contributed by atoms with van der Waals surface area (Å²) in [6.45, 7) is 8.42. The average molecular weight is 285 g/mol. The lowest BCUT2D eigenvalue weighted by Gasteiger charge is -2.32. The molecule has 1 N–H and O–H groups in total. The third-order valence-corrected chi connectivity index (χ3v) is 5.81. The monoisotopic (exact) mass is 285 g/mol. The summed E-state index contributed by atoms with van der Waals surface area (Å²) in [7, 11) is 0. The molecule has 3 atom stereocenters. The Morgan fingerprint density at radius 3 is 2.62 bits per heavy atom. The Morgan fingerprint density at radius 1 is 1.05 bits per heavy atom. The second-order valence-electron chi connectivity index (χ2n) is 8.28. The molecule has 0 heterocycles. The largest absolute Gasteiger partial charge is 0.313 e. The van der Waals surface area contributed by atoms with Crippen LogP contribution in [0, 0.1) is 11.3 Å². The number of hydrogen-bond acceptors (Lipinski definition) is 1. The van der Waals surface area contributed by atoms with Gasteiger partial charge in [0, 0.05) is 18.5 Å². The Hall–Kier alpha value is -0.820. The highest BCUT2D eigenvalue weighted by molar-refractivity contribution is 5.40. The van der Waals surface area contributed by atoms with Crippen molar-refractivity contribution in [3.63, 3.8) is 0 Å². The van der Waals surface area contributed by atoms with Crippen LogP contribution >= 0.6 is 0 Å². The number of rotatable bonds is 3. The van der Waals surface area contributed by atoms with Gasteiger partial charge in [0.2, 0.25) is 0 Å². The van der Waals surface area contributed by atoms with Crippen molar-refractivity contribution < 1.29 is 0 Å². The van der Waals surface area contributed by atoms with Crippen LogP contribution in [0.1, 0.15) is 69.9 Å². The molecule has 3 unspecified atom stereocenters. The van der Waals surface area contributed by atoms with Crippen molar-refractivity contribution in [2.24, 2.45) is 11.3 Å². The van der Waals surface area contributed by atoms with Gasteiger partial charge in [-0.25, -0.2) is 0 Å².